The lowest BCUT2D eigenvalue weighted by molar-refractivity contribution is -0.146. The molecule has 0 aromatic heterocycles. The number of aliphatic carboxylic acids is 1. The average Bonchev–Trinajstić information content (AvgIpc) is 2.53. The minimum atomic E-state index is -0.837. The highest BCUT2D eigenvalue weighted by Crippen LogP contribution is 2.21. The van der Waals surface area contributed by atoms with Crippen LogP contribution in [0.5, 0.6) is 0 Å². The number of benzene rings is 1. The fraction of sp³-hybridized carbons (Fsp3) is 0.529. The van der Waals surface area contributed by atoms with Crippen LogP contribution in [0.2, 0.25) is 0 Å². The maximum absolute atomic E-state index is 13.6. The largest absolute Gasteiger partial charge is 0.481 e. The van der Waals surface area contributed by atoms with Crippen molar-refractivity contribution in [3.05, 3.63) is 35.6 Å². The first-order valence-corrected chi connectivity index (χ1v) is 7.74. The van der Waals surface area contributed by atoms with Gasteiger partial charge in [0, 0.05) is 19.0 Å². The molecule has 120 valence electrons. The molecule has 1 N–H and O–H groups in total. The van der Waals surface area contributed by atoms with E-state index in [9.17, 15) is 14.0 Å². The first-order valence-electron chi connectivity index (χ1n) is 7.74. The molecule has 0 radical (unpaired) electrons. The van der Waals surface area contributed by atoms with Crippen LogP contribution in [0.15, 0.2) is 24.3 Å². The molecule has 22 heavy (non-hydrogen) atoms. The normalized spacial score (nSPS) is 19.7. The van der Waals surface area contributed by atoms with E-state index in [2.05, 4.69) is 0 Å². The zero-order valence-electron chi connectivity index (χ0n) is 12.8. The minimum Gasteiger partial charge on any atom is -0.481 e. The second-order valence-corrected chi connectivity index (χ2v) is 5.99. The molecule has 4 nitrogen and oxygen atoms in total. The Labute approximate surface area is 129 Å². The van der Waals surface area contributed by atoms with Crippen LogP contribution in [0, 0.1) is 17.7 Å². The topological polar surface area (TPSA) is 57.6 Å². The standard InChI is InChI=1S/C17H22FNO3/c1-12(8-9-13-5-2-3-7-15(13)18)16(20)19-10-4-6-14(11-19)17(21)22/h2-3,5,7,12,14H,4,6,8-11H2,1H3,(H,21,22)/t12-,14-/m1/s1. The summed E-state index contributed by atoms with van der Waals surface area (Å²) in [6.45, 7) is 2.73. The molecule has 1 aliphatic rings. The minimum absolute atomic E-state index is 0.0257. The summed E-state index contributed by atoms with van der Waals surface area (Å²) in [7, 11) is 0. The van der Waals surface area contributed by atoms with Gasteiger partial charge in [0.1, 0.15) is 5.82 Å². The number of piperidine rings is 1. The van der Waals surface area contributed by atoms with Crippen molar-refractivity contribution in [2.75, 3.05) is 13.1 Å². The Balaban J connectivity index is 1.89. The monoisotopic (exact) mass is 307 g/mol. The zero-order valence-corrected chi connectivity index (χ0v) is 12.8. The molecule has 5 heteroatoms. The molecule has 1 aliphatic heterocycles. The Morgan fingerprint density at radius 2 is 2.14 bits per heavy atom. The van der Waals surface area contributed by atoms with Gasteiger partial charge < -0.3 is 10.0 Å². The number of carboxylic acids is 1. The van der Waals surface area contributed by atoms with E-state index in [1.54, 1.807) is 23.1 Å². The van der Waals surface area contributed by atoms with Crippen molar-refractivity contribution < 1.29 is 19.1 Å². The van der Waals surface area contributed by atoms with Gasteiger partial charge in [0.05, 0.1) is 5.92 Å². The smallest absolute Gasteiger partial charge is 0.308 e. The van der Waals surface area contributed by atoms with Gasteiger partial charge in [-0.3, -0.25) is 9.59 Å². The van der Waals surface area contributed by atoms with Crippen LogP contribution in [-0.2, 0) is 16.0 Å². The van der Waals surface area contributed by atoms with Crippen molar-refractivity contribution in [2.45, 2.75) is 32.6 Å². The molecule has 0 unspecified atom stereocenters. The van der Waals surface area contributed by atoms with E-state index in [4.69, 9.17) is 5.11 Å². The Morgan fingerprint density at radius 1 is 1.41 bits per heavy atom. The Morgan fingerprint density at radius 3 is 2.82 bits per heavy atom. The number of aryl methyl sites for hydroxylation is 1. The molecule has 1 aromatic rings. The third-order valence-corrected chi connectivity index (χ3v) is 4.31. The highest BCUT2D eigenvalue weighted by Gasteiger charge is 2.30. The summed E-state index contributed by atoms with van der Waals surface area (Å²) < 4.78 is 13.6. The number of likely N-dealkylation sites (tertiary alicyclic amines) is 1. The molecule has 2 rings (SSSR count). The van der Waals surface area contributed by atoms with E-state index in [-0.39, 0.29) is 24.2 Å². The van der Waals surface area contributed by atoms with Gasteiger partial charge in [-0.1, -0.05) is 25.1 Å². The highest BCUT2D eigenvalue weighted by atomic mass is 19.1. The summed E-state index contributed by atoms with van der Waals surface area (Å²) in [4.78, 5) is 25.1. The molecule has 1 aromatic carbocycles. The number of rotatable bonds is 5. The van der Waals surface area contributed by atoms with E-state index < -0.39 is 11.9 Å². The maximum atomic E-state index is 13.6. The molecule has 1 heterocycles. The first-order chi connectivity index (χ1) is 10.5. The van der Waals surface area contributed by atoms with Crippen LogP contribution in [0.3, 0.4) is 0 Å². The molecular formula is C17H22FNO3. The fourth-order valence-electron chi connectivity index (χ4n) is 2.89. The second-order valence-electron chi connectivity index (χ2n) is 5.99. The summed E-state index contributed by atoms with van der Waals surface area (Å²) in [5.41, 5.74) is 0.615. The zero-order chi connectivity index (χ0) is 16.1. The first kappa shape index (κ1) is 16.5. The van der Waals surface area contributed by atoms with Crippen molar-refractivity contribution in [1.82, 2.24) is 4.90 Å². The lowest BCUT2D eigenvalue weighted by Crippen LogP contribution is -2.44. The number of amides is 1. The van der Waals surface area contributed by atoms with E-state index in [1.807, 2.05) is 6.92 Å². The van der Waals surface area contributed by atoms with Crippen LogP contribution in [0.4, 0.5) is 4.39 Å². The van der Waals surface area contributed by atoms with Crippen LogP contribution < -0.4 is 0 Å². The number of carboxylic acid groups (broad SMARTS) is 1. The van der Waals surface area contributed by atoms with E-state index in [1.165, 1.54) is 6.07 Å². The summed E-state index contributed by atoms with van der Waals surface area (Å²) in [5.74, 6) is -1.80. The van der Waals surface area contributed by atoms with Gasteiger partial charge in [0.25, 0.3) is 0 Å². The third-order valence-electron chi connectivity index (χ3n) is 4.31. The predicted octanol–water partition coefficient (Wildman–Crippen LogP) is 2.72. The van der Waals surface area contributed by atoms with Crippen LogP contribution in [0.1, 0.15) is 31.7 Å². The number of nitrogens with zero attached hydrogens (tertiary/aromatic N) is 1. The van der Waals surface area contributed by atoms with Gasteiger partial charge in [-0.15, -0.1) is 0 Å². The molecule has 0 saturated carbocycles. The van der Waals surface area contributed by atoms with E-state index in [0.717, 1.165) is 6.42 Å². The van der Waals surface area contributed by atoms with Crippen LogP contribution in [-0.4, -0.2) is 35.0 Å². The predicted molar refractivity (Wildman–Crippen MR) is 80.8 cm³/mol. The molecule has 0 spiro atoms. The van der Waals surface area contributed by atoms with Crippen molar-refractivity contribution in [3.63, 3.8) is 0 Å². The molecule has 1 saturated heterocycles. The van der Waals surface area contributed by atoms with Gasteiger partial charge in [-0.25, -0.2) is 4.39 Å². The van der Waals surface area contributed by atoms with Crippen molar-refractivity contribution in [3.8, 4) is 0 Å². The molecule has 1 amide bonds. The number of halogens is 1. The van der Waals surface area contributed by atoms with Gasteiger partial charge >= 0.3 is 5.97 Å². The van der Waals surface area contributed by atoms with E-state index >= 15 is 0 Å². The third kappa shape index (κ3) is 4.06. The Kier molecular flexibility index (Phi) is 5.52. The number of carbonyl (C=O) groups is 2. The quantitative estimate of drug-likeness (QED) is 0.910. The Hall–Kier alpha value is -1.91. The lowest BCUT2D eigenvalue weighted by Gasteiger charge is -2.32. The van der Waals surface area contributed by atoms with Crippen LogP contribution >= 0.6 is 0 Å². The summed E-state index contributed by atoms with van der Waals surface area (Å²) >= 11 is 0. The fourth-order valence-corrected chi connectivity index (χ4v) is 2.89. The molecular weight excluding hydrogens is 285 g/mol. The highest BCUT2D eigenvalue weighted by molar-refractivity contribution is 5.79. The van der Waals surface area contributed by atoms with Gasteiger partial charge in [-0.2, -0.15) is 0 Å². The maximum Gasteiger partial charge on any atom is 0.308 e. The van der Waals surface area contributed by atoms with Gasteiger partial charge in [0.2, 0.25) is 5.91 Å². The second kappa shape index (κ2) is 7.38. The van der Waals surface area contributed by atoms with Crippen molar-refractivity contribution in [1.29, 1.82) is 0 Å². The number of hydrogen-bond donors (Lipinski definition) is 1. The van der Waals surface area contributed by atoms with Crippen LogP contribution in [0.25, 0.3) is 0 Å². The van der Waals surface area contributed by atoms with Gasteiger partial charge in [-0.05, 0) is 37.3 Å². The lowest BCUT2D eigenvalue weighted by atomic mass is 9.95. The SMILES string of the molecule is C[C@H](CCc1ccccc1F)C(=O)N1CCC[C@@H](C(=O)O)C1. The molecule has 1 fully saturated rings. The molecule has 0 bridgehead atoms. The Bertz CT molecular complexity index is 546. The summed E-state index contributed by atoms with van der Waals surface area (Å²) in [6.07, 6.45) is 2.43. The van der Waals surface area contributed by atoms with Gasteiger partial charge in [0.15, 0.2) is 0 Å². The molecule has 0 aliphatic carbocycles. The van der Waals surface area contributed by atoms with Crippen molar-refractivity contribution in [2.24, 2.45) is 11.8 Å². The van der Waals surface area contributed by atoms with Crippen molar-refractivity contribution >= 4 is 11.9 Å². The average molecular weight is 307 g/mol. The summed E-state index contributed by atoms with van der Waals surface area (Å²) in [5, 5.41) is 9.08. The number of carbonyl (C=O) groups excluding carboxylic acids is 1. The molecule has 2 atom stereocenters. The summed E-state index contributed by atoms with van der Waals surface area (Å²) in [6, 6.07) is 6.58. The number of hydrogen-bond acceptors (Lipinski definition) is 2. The van der Waals surface area contributed by atoms with E-state index in [0.29, 0.717) is 31.4 Å².